The number of halogens is 3. The van der Waals surface area contributed by atoms with Crippen LogP contribution in [-0.4, -0.2) is 10.9 Å². The first-order valence-electron chi connectivity index (χ1n) is 5.74. The van der Waals surface area contributed by atoms with E-state index < -0.39 is 11.7 Å². The highest BCUT2D eigenvalue weighted by Crippen LogP contribution is 2.25. The first-order valence-corrected chi connectivity index (χ1v) is 7.32. The zero-order valence-electron chi connectivity index (χ0n) is 10.5. The van der Waals surface area contributed by atoms with Crippen LogP contribution >= 0.6 is 39.7 Å². The number of thiocarbonyl (C=S) groups is 1. The fourth-order valence-corrected chi connectivity index (χ4v) is 2.41. The molecule has 0 spiro atoms. The lowest BCUT2D eigenvalue weighted by Crippen LogP contribution is -2.14. The maximum atomic E-state index is 13.2. The summed E-state index contributed by atoms with van der Waals surface area (Å²) in [5.74, 6) is -0.982. The van der Waals surface area contributed by atoms with Crippen LogP contribution < -0.4 is 11.1 Å². The Hall–Kier alpha value is -1.50. The van der Waals surface area contributed by atoms with Crippen LogP contribution in [0.15, 0.2) is 40.9 Å². The molecular formula is C14H9BrClFN2OS. The van der Waals surface area contributed by atoms with E-state index in [1.807, 2.05) is 0 Å². The predicted octanol–water partition coefficient (Wildman–Crippen LogP) is 4.13. The second kappa shape index (κ2) is 6.51. The molecule has 2 aromatic carbocycles. The summed E-state index contributed by atoms with van der Waals surface area (Å²) in [5.41, 5.74) is 6.65. The average molecular weight is 388 g/mol. The predicted molar refractivity (Wildman–Crippen MR) is 89.4 cm³/mol. The highest BCUT2D eigenvalue weighted by atomic mass is 79.9. The molecule has 0 aromatic heterocycles. The van der Waals surface area contributed by atoms with Crippen molar-refractivity contribution in [3.8, 4) is 0 Å². The molecule has 0 atom stereocenters. The van der Waals surface area contributed by atoms with Gasteiger partial charge in [0.2, 0.25) is 0 Å². The van der Waals surface area contributed by atoms with Gasteiger partial charge in [-0.3, -0.25) is 4.79 Å². The van der Waals surface area contributed by atoms with Gasteiger partial charge in [0.15, 0.2) is 0 Å². The Labute approximate surface area is 139 Å². The average Bonchev–Trinajstić information content (AvgIpc) is 2.43. The molecule has 0 aliphatic rings. The number of nitrogens with one attached hydrogen (secondary N) is 1. The van der Waals surface area contributed by atoms with Crippen LogP contribution in [0, 0.1) is 5.82 Å². The van der Waals surface area contributed by atoms with Gasteiger partial charge in [-0.05, 0) is 52.3 Å². The standard InChI is InChI=1S/C14H9BrClFN2OS/c15-10-3-2-8(17)6-9(10)14(20)19-12-4-1-7(13(18)21)5-11(12)16/h1-6H,(H2,18,21)(H,19,20). The summed E-state index contributed by atoms with van der Waals surface area (Å²) in [6.07, 6.45) is 0. The molecule has 0 aliphatic carbocycles. The van der Waals surface area contributed by atoms with Gasteiger partial charge < -0.3 is 11.1 Å². The number of amides is 1. The highest BCUT2D eigenvalue weighted by molar-refractivity contribution is 9.10. The molecule has 1 amide bonds. The van der Waals surface area contributed by atoms with Crippen LogP contribution in [0.25, 0.3) is 0 Å². The van der Waals surface area contributed by atoms with Crippen molar-refractivity contribution < 1.29 is 9.18 Å². The van der Waals surface area contributed by atoms with Crippen LogP contribution in [0.5, 0.6) is 0 Å². The van der Waals surface area contributed by atoms with Crippen LogP contribution in [-0.2, 0) is 0 Å². The minimum Gasteiger partial charge on any atom is -0.389 e. The third-order valence-corrected chi connectivity index (χ3v) is 3.91. The molecule has 0 saturated carbocycles. The van der Waals surface area contributed by atoms with Crippen molar-refractivity contribution in [1.29, 1.82) is 0 Å². The lowest BCUT2D eigenvalue weighted by Gasteiger charge is -2.10. The maximum absolute atomic E-state index is 13.2. The Morgan fingerprint density at radius 3 is 2.62 bits per heavy atom. The number of nitrogens with two attached hydrogens (primary N) is 1. The van der Waals surface area contributed by atoms with Crippen molar-refractivity contribution in [2.75, 3.05) is 5.32 Å². The van der Waals surface area contributed by atoms with Gasteiger partial charge in [-0.1, -0.05) is 23.8 Å². The van der Waals surface area contributed by atoms with E-state index in [4.69, 9.17) is 29.6 Å². The molecule has 0 unspecified atom stereocenters. The molecule has 7 heteroatoms. The molecule has 3 N–H and O–H groups in total. The van der Waals surface area contributed by atoms with E-state index in [-0.39, 0.29) is 10.6 Å². The molecule has 0 aliphatic heterocycles. The zero-order valence-corrected chi connectivity index (χ0v) is 13.7. The zero-order chi connectivity index (χ0) is 15.6. The second-order valence-corrected chi connectivity index (χ2v) is 5.84. The van der Waals surface area contributed by atoms with Crippen molar-refractivity contribution in [3.05, 3.63) is 62.8 Å². The maximum Gasteiger partial charge on any atom is 0.256 e. The fraction of sp³-hybridized carbons (Fsp3) is 0. The summed E-state index contributed by atoms with van der Waals surface area (Å²) in [4.78, 5) is 12.4. The molecule has 21 heavy (non-hydrogen) atoms. The minimum atomic E-state index is -0.502. The van der Waals surface area contributed by atoms with E-state index >= 15 is 0 Å². The highest BCUT2D eigenvalue weighted by Gasteiger charge is 2.13. The third-order valence-electron chi connectivity index (χ3n) is 2.67. The van der Waals surface area contributed by atoms with Gasteiger partial charge in [-0.2, -0.15) is 0 Å². The van der Waals surface area contributed by atoms with E-state index in [1.54, 1.807) is 18.2 Å². The Bertz CT molecular complexity index is 739. The van der Waals surface area contributed by atoms with Crippen LogP contribution in [0.1, 0.15) is 15.9 Å². The number of hydrogen-bond acceptors (Lipinski definition) is 2. The summed E-state index contributed by atoms with van der Waals surface area (Å²) in [7, 11) is 0. The van der Waals surface area contributed by atoms with Crippen LogP contribution in [0.2, 0.25) is 5.02 Å². The summed E-state index contributed by atoms with van der Waals surface area (Å²) in [6, 6.07) is 8.63. The first-order chi connectivity index (χ1) is 9.88. The van der Waals surface area contributed by atoms with Crippen molar-refractivity contribution >= 4 is 56.3 Å². The molecule has 3 nitrogen and oxygen atoms in total. The lowest BCUT2D eigenvalue weighted by molar-refractivity contribution is 0.102. The molecular weight excluding hydrogens is 379 g/mol. The summed E-state index contributed by atoms with van der Waals surface area (Å²) in [5, 5.41) is 2.90. The van der Waals surface area contributed by atoms with Gasteiger partial charge in [0.05, 0.1) is 16.3 Å². The number of carbonyl (C=O) groups excluding carboxylic acids is 1. The monoisotopic (exact) mass is 386 g/mol. The van der Waals surface area contributed by atoms with Gasteiger partial charge in [-0.15, -0.1) is 0 Å². The van der Waals surface area contributed by atoms with Gasteiger partial charge in [0.1, 0.15) is 10.8 Å². The van der Waals surface area contributed by atoms with E-state index in [0.717, 1.165) is 6.07 Å². The smallest absolute Gasteiger partial charge is 0.256 e. The van der Waals surface area contributed by atoms with E-state index in [2.05, 4.69) is 21.2 Å². The van der Waals surface area contributed by atoms with Crippen molar-refractivity contribution in [3.63, 3.8) is 0 Å². The Kier molecular flexibility index (Phi) is 4.92. The molecule has 0 saturated heterocycles. The number of hydrogen-bond donors (Lipinski definition) is 2. The quantitative estimate of drug-likeness (QED) is 0.779. The number of rotatable bonds is 3. The summed E-state index contributed by atoms with van der Waals surface area (Å²) >= 11 is 14.1. The Morgan fingerprint density at radius 1 is 1.29 bits per heavy atom. The third kappa shape index (κ3) is 3.78. The molecule has 0 heterocycles. The topological polar surface area (TPSA) is 55.1 Å². The van der Waals surface area contributed by atoms with E-state index in [9.17, 15) is 9.18 Å². The number of benzene rings is 2. The first kappa shape index (κ1) is 15.9. The molecule has 2 aromatic rings. The SMILES string of the molecule is NC(=S)c1ccc(NC(=O)c2cc(F)ccc2Br)c(Cl)c1. The van der Waals surface area contributed by atoms with Crippen molar-refractivity contribution in [2.45, 2.75) is 0 Å². The largest absolute Gasteiger partial charge is 0.389 e. The molecule has 0 fully saturated rings. The lowest BCUT2D eigenvalue weighted by atomic mass is 10.1. The van der Waals surface area contributed by atoms with Crippen molar-refractivity contribution in [2.24, 2.45) is 5.73 Å². The van der Waals surface area contributed by atoms with Gasteiger partial charge in [0.25, 0.3) is 5.91 Å². The van der Waals surface area contributed by atoms with Crippen LogP contribution in [0.3, 0.4) is 0 Å². The summed E-state index contributed by atoms with van der Waals surface area (Å²) in [6.45, 7) is 0. The Morgan fingerprint density at radius 2 is 2.00 bits per heavy atom. The summed E-state index contributed by atoms with van der Waals surface area (Å²) < 4.78 is 13.7. The molecule has 108 valence electrons. The van der Waals surface area contributed by atoms with Gasteiger partial charge in [0, 0.05) is 10.0 Å². The van der Waals surface area contributed by atoms with Gasteiger partial charge >= 0.3 is 0 Å². The van der Waals surface area contributed by atoms with E-state index in [0.29, 0.717) is 20.7 Å². The number of anilines is 1. The molecule has 0 bridgehead atoms. The second-order valence-electron chi connectivity index (χ2n) is 4.14. The van der Waals surface area contributed by atoms with E-state index in [1.165, 1.54) is 12.1 Å². The minimum absolute atomic E-state index is 0.171. The molecule has 2 rings (SSSR count). The Balaban J connectivity index is 2.27. The van der Waals surface area contributed by atoms with Crippen molar-refractivity contribution in [1.82, 2.24) is 0 Å². The fourth-order valence-electron chi connectivity index (χ4n) is 1.63. The molecule has 0 radical (unpaired) electrons. The van der Waals surface area contributed by atoms with Crippen LogP contribution in [0.4, 0.5) is 10.1 Å². The van der Waals surface area contributed by atoms with Gasteiger partial charge in [-0.25, -0.2) is 4.39 Å². The number of carbonyl (C=O) groups is 1. The normalized spacial score (nSPS) is 10.2.